The first-order chi connectivity index (χ1) is 16.0. The number of likely N-dealkylation sites (tertiary alicyclic amines) is 1. The number of benzene rings is 1. The van der Waals surface area contributed by atoms with E-state index in [1.807, 2.05) is 0 Å². The number of hydrogen-bond donors (Lipinski definition) is 1. The average molecular weight is 476 g/mol. The number of hydrogen-bond acceptors (Lipinski definition) is 4. The Balaban J connectivity index is 1.34. The van der Waals surface area contributed by atoms with Gasteiger partial charge in [-0.1, -0.05) is 63.1 Å². The van der Waals surface area contributed by atoms with E-state index in [9.17, 15) is 13.0 Å². The third-order valence-corrected chi connectivity index (χ3v) is 10.2. The van der Waals surface area contributed by atoms with Gasteiger partial charge in [-0.3, -0.25) is 4.55 Å². The van der Waals surface area contributed by atoms with Gasteiger partial charge in [0.2, 0.25) is 0 Å². The SMILES string of the molecule is O=S(=O)(O)N1CC2CN(c3ccccc3)C3(CCN(C4CCCCCCCCC4)CC3)C2C1. The largest absolute Gasteiger partial charge is 0.365 e. The van der Waals surface area contributed by atoms with Crippen LogP contribution in [0.2, 0.25) is 0 Å². The summed E-state index contributed by atoms with van der Waals surface area (Å²) >= 11 is 0. The topological polar surface area (TPSA) is 64.1 Å². The van der Waals surface area contributed by atoms with Crippen molar-refractivity contribution < 1.29 is 13.0 Å². The van der Waals surface area contributed by atoms with Crippen LogP contribution < -0.4 is 4.90 Å². The monoisotopic (exact) mass is 475 g/mol. The maximum absolute atomic E-state index is 11.9. The molecule has 7 heteroatoms. The third kappa shape index (κ3) is 4.84. The number of para-hydroxylation sites is 1. The molecule has 1 aromatic carbocycles. The van der Waals surface area contributed by atoms with Crippen LogP contribution in [0, 0.1) is 11.8 Å². The second kappa shape index (κ2) is 9.84. The Labute approximate surface area is 200 Å². The Morgan fingerprint density at radius 3 is 2.03 bits per heavy atom. The van der Waals surface area contributed by atoms with Gasteiger partial charge in [-0.15, -0.1) is 0 Å². The van der Waals surface area contributed by atoms with Crippen molar-refractivity contribution in [3.63, 3.8) is 0 Å². The number of piperidine rings is 1. The molecule has 2 unspecified atom stereocenters. The molecule has 0 bridgehead atoms. The summed E-state index contributed by atoms with van der Waals surface area (Å²) in [6, 6.07) is 11.4. The van der Waals surface area contributed by atoms with Gasteiger partial charge in [0.05, 0.1) is 0 Å². The molecule has 6 nitrogen and oxygen atoms in total. The molecule has 1 aliphatic carbocycles. The van der Waals surface area contributed by atoms with Crippen LogP contribution in [-0.2, 0) is 10.3 Å². The van der Waals surface area contributed by atoms with E-state index >= 15 is 0 Å². The van der Waals surface area contributed by atoms with Crippen LogP contribution in [0.3, 0.4) is 0 Å². The molecule has 4 aliphatic rings. The first-order valence-electron chi connectivity index (χ1n) is 13.3. The van der Waals surface area contributed by atoms with Crippen molar-refractivity contribution in [1.82, 2.24) is 9.21 Å². The lowest BCUT2D eigenvalue weighted by atomic mass is 9.74. The molecular formula is C26H41N3O3S. The molecule has 3 aliphatic heterocycles. The summed E-state index contributed by atoms with van der Waals surface area (Å²) in [7, 11) is -4.12. The van der Waals surface area contributed by atoms with Gasteiger partial charge >= 0.3 is 10.3 Å². The highest BCUT2D eigenvalue weighted by atomic mass is 32.2. The van der Waals surface area contributed by atoms with Gasteiger partial charge in [-0.05, 0) is 43.7 Å². The summed E-state index contributed by atoms with van der Waals surface area (Å²) in [5.74, 6) is 0.568. The van der Waals surface area contributed by atoms with E-state index in [2.05, 4.69) is 40.1 Å². The average Bonchev–Trinajstić information content (AvgIpc) is 3.37. The molecular weight excluding hydrogens is 434 g/mol. The van der Waals surface area contributed by atoms with Gasteiger partial charge in [-0.2, -0.15) is 12.7 Å². The zero-order chi connectivity index (χ0) is 22.9. The zero-order valence-electron chi connectivity index (χ0n) is 19.9. The maximum Gasteiger partial charge on any atom is 0.335 e. The van der Waals surface area contributed by atoms with E-state index in [1.54, 1.807) is 0 Å². The fraction of sp³-hybridized carbons (Fsp3) is 0.769. The molecule has 1 N–H and O–H groups in total. The minimum atomic E-state index is -4.12. The Bertz CT molecular complexity index is 875. The van der Waals surface area contributed by atoms with Crippen LogP contribution in [0.5, 0.6) is 0 Å². The van der Waals surface area contributed by atoms with E-state index in [0.717, 1.165) is 32.5 Å². The summed E-state index contributed by atoms with van der Waals surface area (Å²) < 4.78 is 34.9. The lowest BCUT2D eigenvalue weighted by Crippen LogP contribution is -2.58. The van der Waals surface area contributed by atoms with Crippen molar-refractivity contribution >= 4 is 16.0 Å². The van der Waals surface area contributed by atoms with Gasteiger partial charge in [-0.25, -0.2) is 0 Å². The van der Waals surface area contributed by atoms with Crippen molar-refractivity contribution in [2.24, 2.45) is 11.8 Å². The van der Waals surface area contributed by atoms with E-state index in [-0.39, 0.29) is 17.4 Å². The highest BCUT2D eigenvalue weighted by Crippen LogP contribution is 2.51. The highest BCUT2D eigenvalue weighted by molar-refractivity contribution is 7.83. The van der Waals surface area contributed by atoms with E-state index in [1.165, 1.54) is 67.8 Å². The molecule has 3 saturated heterocycles. The Kier molecular flexibility index (Phi) is 7.03. The lowest BCUT2D eigenvalue weighted by Gasteiger charge is -2.50. The quantitative estimate of drug-likeness (QED) is 0.648. The number of fused-ring (bicyclic) bond motifs is 2. The van der Waals surface area contributed by atoms with Gasteiger partial charge in [0.15, 0.2) is 0 Å². The second-order valence-corrected chi connectivity index (χ2v) is 12.4. The Morgan fingerprint density at radius 2 is 1.42 bits per heavy atom. The number of nitrogens with zero attached hydrogens (tertiary/aromatic N) is 3. The molecule has 0 aromatic heterocycles. The van der Waals surface area contributed by atoms with Crippen LogP contribution in [0.15, 0.2) is 30.3 Å². The first-order valence-corrected chi connectivity index (χ1v) is 14.7. The van der Waals surface area contributed by atoms with Crippen molar-refractivity contribution in [3.05, 3.63) is 30.3 Å². The van der Waals surface area contributed by atoms with Crippen molar-refractivity contribution in [3.8, 4) is 0 Å². The van der Waals surface area contributed by atoms with E-state index in [0.29, 0.717) is 19.1 Å². The van der Waals surface area contributed by atoms with Gasteiger partial charge < -0.3 is 9.80 Å². The van der Waals surface area contributed by atoms with Crippen molar-refractivity contribution in [2.75, 3.05) is 37.6 Å². The van der Waals surface area contributed by atoms with Crippen LogP contribution in [-0.4, -0.2) is 66.5 Å². The Hall–Kier alpha value is -1.15. The molecule has 1 aromatic rings. The smallest absolute Gasteiger partial charge is 0.335 e. The molecule has 184 valence electrons. The second-order valence-electron chi connectivity index (χ2n) is 11.0. The molecule has 0 radical (unpaired) electrons. The number of anilines is 1. The van der Waals surface area contributed by atoms with E-state index < -0.39 is 10.3 Å². The summed E-state index contributed by atoms with van der Waals surface area (Å²) in [5, 5.41) is 0. The van der Waals surface area contributed by atoms with Crippen LogP contribution in [0.4, 0.5) is 5.69 Å². The van der Waals surface area contributed by atoms with Crippen LogP contribution >= 0.6 is 0 Å². The Morgan fingerprint density at radius 1 is 0.818 bits per heavy atom. The lowest BCUT2D eigenvalue weighted by molar-refractivity contribution is 0.0837. The standard InChI is InChI=1S/C26H41N3O3S/c30-33(31,32)28-19-22-20-29(24-13-9-6-10-14-24)26(25(22)21-28)15-17-27(18-16-26)23-11-7-4-2-1-3-5-8-12-23/h6,9-10,13-14,22-23,25H,1-5,7-8,11-12,15-21H2,(H,30,31,32). The molecule has 1 spiro atoms. The van der Waals surface area contributed by atoms with Crippen molar-refractivity contribution in [2.45, 2.75) is 82.2 Å². The summed E-state index contributed by atoms with van der Waals surface area (Å²) in [6.07, 6.45) is 14.5. The van der Waals surface area contributed by atoms with Gasteiger partial charge in [0.1, 0.15) is 0 Å². The maximum atomic E-state index is 11.9. The molecule has 3 heterocycles. The van der Waals surface area contributed by atoms with Crippen LogP contribution in [0.25, 0.3) is 0 Å². The molecule has 4 fully saturated rings. The summed E-state index contributed by atoms with van der Waals surface area (Å²) in [6.45, 7) is 3.98. The highest BCUT2D eigenvalue weighted by Gasteiger charge is 2.58. The fourth-order valence-electron chi connectivity index (χ4n) is 7.47. The molecule has 0 amide bonds. The molecule has 5 rings (SSSR count). The van der Waals surface area contributed by atoms with Gasteiger partial charge in [0, 0.05) is 55.9 Å². The summed E-state index contributed by atoms with van der Waals surface area (Å²) in [5.41, 5.74) is 1.25. The minimum absolute atomic E-state index is 0.0159. The van der Waals surface area contributed by atoms with Crippen LogP contribution in [0.1, 0.15) is 70.6 Å². The molecule has 33 heavy (non-hydrogen) atoms. The van der Waals surface area contributed by atoms with Crippen molar-refractivity contribution in [1.29, 1.82) is 0 Å². The number of rotatable bonds is 3. The molecule has 2 atom stereocenters. The van der Waals surface area contributed by atoms with Gasteiger partial charge in [0.25, 0.3) is 0 Å². The predicted molar refractivity (Wildman–Crippen MR) is 133 cm³/mol. The minimum Gasteiger partial charge on any atom is -0.365 e. The summed E-state index contributed by atoms with van der Waals surface area (Å²) in [4.78, 5) is 5.37. The molecule has 1 saturated carbocycles. The predicted octanol–water partition coefficient (Wildman–Crippen LogP) is 4.59. The fourth-order valence-corrected chi connectivity index (χ4v) is 8.20. The normalized spacial score (nSPS) is 30.5. The first kappa shape index (κ1) is 23.6. The third-order valence-electron chi connectivity index (χ3n) is 9.20. The van der Waals surface area contributed by atoms with E-state index in [4.69, 9.17) is 0 Å². The zero-order valence-corrected chi connectivity index (χ0v) is 20.8.